The van der Waals surface area contributed by atoms with E-state index in [0.29, 0.717) is 18.7 Å². The largest absolute Gasteiger partial charge is 0.494 e. The second-order valence-corrected chi connectivity index (χ2v) is 9.23. The Morgan fingerprint density at radius 1 is 1.00 bits per heavy atom. The highest BCUT2D eigenvalue weighted by atomic mass is 32.1. The molecule has 0 atom stereocenters. The van der Waals surface area contributed by atoms with Gasteiger partial charge in [0.25, 0.3) is 5.91 Å². The third-order valence-electron chi connectivity index (χ3n) is 5.96. The van der Waals surface area contributed by atoms with E-state index in [1.54, 1.807) is 11.3 Å². The van der Waals surface area contributed by atoms with Gasteiger partial charge in [0.15, 0.2) is 5.13 Å². The highest BCUT2D eigenvalue weighted by Crippen LogP contribution is 2.31. The molecule has 6 heteroatoms. The van der Waals surface area contributed by atoms with Gasteiger partial charge in [-0.25, -0.2) is 4.98 Å². The monoisotopic (exact) mass is 467 g/mol. The molecule has 0 spiro atoms. The predicted octanol–water partition coefficient (Wildman–Crippen LogP) is 6.42. The molecule has 178 valence electrons. The average Bonchev–Trinajstić information content (AvgIpc) is 3.27. The average molecular weight is 468 g/mol. The molecule has 3 rings (SSSR count). The van der Waals surface area contributed by atoms with E-state index in [0.717, 1.165) is 66.4 Å². The third kappa shape index (κ3) is 6.78. The van der Waals surface area contributed by atoms with Crippen LogP contribution in [0.4, 0.5) is 5.13 Å². The maximum atomic E-state index is 13.7. The van der Waals surface area contributed by atoms with E-state index < -0.39 is 0 Å². The Labute approximate surface area is 202 Å². The van der Waals surface area contributed by atoms with E-state index in [9.17, 15) is 4.79 Å². The van der Waals surface area contributed by atoms with Crippen molar-refractivity contribution in [3.63, 3.8) is 0 Å². The summed E-state index contributed by atoms with van der Waals surface area (Å²) in [6.45, 7) is 12.6. The second-order valence-electron chi connectivity index (χ2n) is 8.22. The van der Waals surface area contributed by atoms with Crippen LogP contribution in [-0.2, 0) is 6.42 Å². The predicted molar refractivity (Wildman–Crippen MR) is 140 cm³/mol. The number of carbonyl (C=O) groups excluding carboxylic acids is 1. The molecule has 0 aliphatic carbocycles. The lowest BCUT2D eigenvalue weighted by atomic mass is 10.2. The van der Waals surface area contributed by atoms with Crippen LogP contribution in [0.25, 0.3) is 10.2 Å². The summed E-state index contributed by atoms with van der Waals surface area (Å²) in [7, 11) is 0. The van der Waals surface area contributed by atoms with Crippen molar-refractivity contribution in [3.8, 4) is 5.75 Å². The van der Waals surface area contributed by atoms with Crippen LogP contribution in [0.3, 0.4) is 0 Å². The topological polar surface area (TPSA) is 45.7 Å². The fraction of sp³-hybridized carbons (Fsp3) is 0.481. The molecule has 0 N–H and O–H groups in total. The summed E-state index contributed by atoms with van der Waals surface area (Å²) in [6.07, 6.45) is 4.31. The molecule has 3 aromatic rings. The molecule has 0 aliphatic heterocycles. The first-order valence-electron chi connectivity index (χ1n) is 12.3. The summed E-state index contributed by atoms with van der Waals surface area (Å²) < 4.78 is 7.02. The summed E-state index contributed by atoms with van der Waals surface area (Å²) in [4.78, 5) is 22.7. The van der Waals surface area contributed by atoms with Crippen LogP contribution < -0.4 is 9.64 Å². The van der Waals surface area contributed by atoms with Gasteiger partial charge in [0.2, 0.25) is 0 Å². The van der Waals surface area contributed by atoms with Gasteiger partial charge < -0.3 is 9.64 Å². The summed E-state index contributed by atoms with van der Waals surface area (Å²) in [6, 6.07) is 13.9. The Morgan fingerprint density at radius 2 is 1.82 bits per heavy atom. The molecule has 0 unspecified atom stereocenters. The van der Waals surface area contributed by atoms with Crippen LogP contribution in [0.5, 0.6) is 5.75 Å². The highest BCUT2D eigenvalue weighted by Gasteiger charge is 2.22. The van der Waals surface area contributed by atoms with Gasteiger partial charge in [-0.15, -0.1) is 0 Å². The number of unbranched alkanes of at least 4 members (excludes halogenated alkanes) is 2. The van der Waals surface area contributed by atoms with Crippen molar-refractivity contribution in [2.45, 2.75) is 53.4 Å². The van der Waals surface area contributed by atoms with Crippen molar-refractivity contribution in [2.75, 3.05) is 37.7 Å². The van der Waals surface area contributed by atoms with Gasteiger partial charge >= 0.3 is 0 Å². The molecule has 1 heterocycles. The molecule has 2 aromatic carbocycles. The number of thiazole rings is 1. The van der Waals surface area contributed by atoms with Gasteiger partial charge in [0.1, 0.15) is 5.75 Å². The van der Waals surface area contributed by atoms with E-state index in [1.807, 2.05) is 29.2 Å². The highest BCUT2D eigenvalue weighted by molar-refractivity contribution is 7.22. The second kappa shape index (κ2) is 12.7. The van der Waals surface area contributed by atoms with Crippen molar-refractivity contribution >= 4 is 32.6 Å². The number of ether oxygens (including phenoxy) is 1. The van der Waals surface area contributed by atoms with E-state index in [-0.39, 0.29) is 5.91 Å². The minimum Gasteiger partial charge on any atom is -0.494 e. The molecular weight excluding hydrogens is 430 g/mol. The number of anilines is 1. The van der Waals surface area contributed by atoms with Gasteiger partial charge in [-0.2, -0.15) is 0 Å². The molecule has 1 aromatic heterocycles. The van der Waals surface area contributed by atoms with Crippen molar-refractivity contribution in [1.29, 1.82) is 0 Å². The van der Waals surface area contributed by atoms with E-state index in [1.165, 1.54) is 5.56 Å². The molecule has 0 fully saturated rings. The fourth-order valence-corrected chi connectivity index (χ4v) is 4.83. The molecule has 0 radical (unpaired) electrons. The molecule has 0 bridgehead atoms. The number of likely N-dealkylation sites (N-methyl/N-ethyl adjacent to an activating group) is 1. The third-order valence-corrected chi connectivity index (χ3v) is 7.00. The Bertz CT molecular complexity index is 1030. The first-order valence-corrected chi connectivity index (χ1v) is 13.1. The Hall–Kier alpha value is -2.44. The minimum absolute atomic E-state index is 0.0315. The molecule has 1 amide bonds. The molecule has 0 saturated carbocycles. The summed E-state index contributed by atoms with van der Waals surface area (Å²) in [5.74, 6) is 0.716. The number of fused-ring (bicyclic) bond motifs is 1. The number of rotatable bonds is 13. The lowest BCUT2D eigenvalue weighted by Crippen LogP contribution is -2.38. The quantitative estimate of drug-likeness (QED) is 0.272. The van der Waals surface area contributed by atoms with Gasteiger partial charge in [0.05, 0.1) is 16.8 Å². The summed E-state index contributed by atoms with van der Waals surface area (Å²) >= 11 is 1.59. The van der Waals surface area contributed by atoms with Crippen LogP contribution in [0.2, 0.25) is 0 Å². The smallest absolute Gasteiger partial charge is 0.260 e. The van der Waals surface area contributed by atoms with Crippen LogP contribution >= 0.6 is 11.3 Å². The van der Waals surface area contributed by atoms with E-state index >= 15 is 0 Å². The maximum absolute atomic E-state index is 13.7. The van der Waals surface area contributed by atoms with Gasteiger partial charge in [-0.1, -0.05) is 64.0 Å². The van der Waals surface area contributed by atoms with Crippen LogP contribution in [0, 0.1) is 0 Å². The maximum Gasteiger partial charge on any atom is 0.260 e. The van der Waals surface area contributed by atoms with Gasteiger partial charge in [-0.05, 0) is 61.8 Å². The van der Waals surface area contributed by atoms with E-state index in [4.69, 9.17) is 9.72 Å². The number of nitrogens with zero attached hydrogens (tertiary/aromatic N) is 3. The zero-order valence-corrected chi connectivity index (χ0v) is 21.3. The Balaban J connectivity index is 1.87. The van der Waals surface area contributed by atoms with Crippen molar-refractivity contribution in [3.05, 3.63) is 53.6 Å². The van der Waals surface area contributed by atoms with Gasteiger partial charge in [0, 0.05) is 18.7 Å². The summed E-state index contributed by atoms with van der Waals surface area (Å²) in [5.41, 5.74) is 2.86. The molecule has 33 heavy (non-hydrogen) atoms. The van der Waals surface area contributed by atoms with Crippen molar-refractivity contribution in [1.82, 2.24) is 9.88 Å². The fourth-order valence-electron chi connectivity index (χ4n) is 3.77. The van der Waals surface area contributed by atoms with Gasteiger partial charge in [-0.3, -0.25) is 9.69 Å². The molecule has 5 nitrogen and oxygen atoms in total. The Morgan fingerprint density at radius 3 is 2.55 bits per heavy atom. The normalized spacial score (nSPS) is 11.3. The van der Waals surface area contributed by atoms with Crippen molar-refractivity contribution in [2.24, 2.45) is 0 Å². The zero-order chi connectivity index (χ0) is 23.6. The SMILES string of the molecule is CCCCCOc1cccc(C(=O)N(CCN(CC)CC)c2nc3ccc(CC)cc3s2)c1. The lowest BCUT2D eigenvalue weighted by Gasteiger charge is -2.25. The Kier molecular flexibility index (Phi) is 9.70. The number of amides is 1. The van der Waals surface area contributed by atoms with Crippen LogP contribution in [0.1, 0.15) is 62.9 Å². The summed E-state index contributed by atoms with van der Waals surface area (Å²) in [5, 5.41) is 0.754. The lowest BCUT2D eigenvalue weighted by molar-refractivity contribution is 0.0983. The molecule has 0 aliphatic rings. The number of hydrogen-bond acceptors (Lipinski definition) is 5. The molecular formula is C27H37N3O2S. The number of carbonyl (C=O) groups is 1. The van der Waals surface area contributed by atoms with E-state index in [2.05, 4.69) is 50.8 Å². The zero-order valence-electron chi connectivity index (χ0n) is 20.5. The van der Waals surface area contributed by atoms with Crippen LogP contribution in [-0.4, -0.2) is 48.6 Å². The minimum atomic E-state index is -0.0315. The standard InChI is InChI=1S/C27H37N3O2S/c1-5-9-10-18-32-23-13-11-12-22(20-23)26(31)30(17-16-29(7-3)8-4)27-28-24-15-14-21(6-2)19-25(24)33-27/h11-15,19-20H,5-10,16-18H2,1-4H3. The number of aryl methyl sites for hydroxylation is 1. The number of benzene rings is 2. The van der Waals surface area contributed by atoms with Crippen molar-refractivity contribution < 1.29 is 9.53 Å². The first-order chi connectivity index (χ1) is 16.1. The molecule has 0 saturated heterocycles. The van der Waals surface area contributed by atoms with Crippen LogP contribution in [0.15, 0.2) is 42.5 Å². The number of aromatic nitrogens is 1. The first kappa shape index (κ1) is 25.2. The number of hydrogen-bond donors (Lipinski definition) is 0.